The van der Waals surface area contributed by atoms with E-state index < -0.39 is 23.7 Å². The molecule has 0 aliphatic heterocycles. The lowest BCUT2D eigenvalue weighted by Crippen LogP contribution is -2.44. The number of aryl methyl sites for hydroxylation is 2. The zero-order valence-corrected chi connectivity index (χ0v) is 13.2. The number of benzene rings is 1. The summed E-state index contributed by atoms with van der Waals surface area (Å²) in [6.45, 7) is 9.14. The Morgan fingerprint density at radius 3 is 2.33 bits per heavy atom. The van der Waals surface area contributed by atoms with Crippen LogP contribution in [-0.2, 0) is 16.0 Å². The molecule has 116 valence electrons. The first-order valence-electron chi connectivity index (χ1n) is 6.87. The Kier molecular flexibility index (Phi) is 5.35. The molecule has 0 saturated heterocycles. The highest BCUT2D eigenvalue weighted by molar-refractivity contribution is 5.80. The number of aliphatic carboxylic acids is 1. The minimum atomic E-state index is -1.08. The fourth-order valence-corrected chi connectivity index (χ4v) is 1.82. The maximum Gasteiger partial charge on any atom is 0.408 e. The van der Waals surface area contributed by atoms with Gasteiger partial charge in [-0.25, -0.2) is 9.59 Å². The summed E-state index contributed by atoms with van der Waals surface area (Å²) in [5.74, 6) is -1.08. The molecular weight excluding hydrogens is 270 g/mol. The van der Waals surface area contributed by atoms with Crippen LogP contribution in [0.4, 0.5) is 4.79 Å². The molecule has 0 aliphatic rings. The SMILES string of the molecule is Cc1ccc(C[C@H](NC(=O)OC(C)(C)C)C(=O)O)cc1C. The predicted molar refractivity (Wildman–Crippen MR) is 80.4 cm³/mol. The minimum Gasteiger partial charge on any atom is -0.480 e. The molecule has 0 radical (unpaired) electrons. The Labute approximate surface area is 125 Å². The van der Waals surface area contributed by atoms with Crippen LogP contribution in [0.25, 0.3) is 0 Å². The molecule has 0 saturated carbocycles. The first-order valence-corrected chi connectivity index (χ1v) is 6.87. The van der Waals surface area contributed by atoms with E-state index >= 15 is 0 Å². The molecule has 1 aromatic carbocycles. The van der Waals surface area contributed by atoms with Crippen molar-refractivity contribution in [2.45, 2.75) is 52.7 Å². The average molecular weight is 293 g/mol. The summed E-state index contributed by atoms with van der Waals surface area (Å²) in [5.41, 5.74) is 2.44. The summed E-state index contributed by atoms with van der Waals surface area (Å²) in [7, 11) is 0. The molecule has 0 heterocycles. The lowest BCUT2D eigenvalue weighted by molar-refractivity contribution is -0.139. The van der Waals surface area contributed by atoms with Gasteiger partial charge in [0.15, 0.2) is 0 Å². The third-order valence-corrected chi connectivity index (χ3v) is 3.00. The van der Waals surface area contributed by atoms with Crippen molar-refractivity contribution in [1.82, 2.24) is 5.32 Å². The van der Waals surface area contributed by atoms with Gasteiger partial charge in [0.2, 0.25) is 0 Å². The second-order valence-corrected chi connectivity index (χ2v) is 6.16. The van der Waals surface area contributed by atoms with Crippen molar-refractivity contribution in [2.24, 2.45) is 0 Å². The monoisotopic (exact) mass is 293 g/mol. The Morgan fingerprint density at radius 2 is 1.86 bits per heavy atom. The lowest BCUT2D eigenvalue weighted by atomic mass is 10.0. The molecule has 0 fully saturated rings. The Morgan fingerprint density at radius 1 is 1.24 bits per heavy atom. The van der Waals surface area contributed by atoms with E-state index in [0.29, 0.717) is 0 Å². The molecule has 21 heavy (non-hydrogen) atoms. The number of ether oxygens (including phenoxy) is 1. The molecule has 2 N–H and O–H groups in total. The van der Waals surface area contributed by atoms with Crippen molar-refractivity contribution in [3.8, 4) is 0 Å². The highest BCUT2D eigenvalue weighted by Crippen LogP contribution is 2.12. The normalized spacial score (nSPS) is 12.6. The van der Waals surface area contributed by atoms with E-state index in [2.05, 4.69) is 5.32 Å². The fraction of sp³-hybridized carbons (Fsp3) is 0.500. The smallest absolute Gasteiger partial charge is 0.408 e. The first kappa shape index (κ1) is 17.0. The number of carbonyl (C=O) groups excluding carboxylic acids is 1. The van der Waals surface area contributed by atoms with E-state index in [-0.39, 0.29) is 6.42 Å². The van der Waals surface area contributed by atoms with E-state index in [4.69, 9.17) is 4.74 Å². The lowest BCUT2D eigenvalue weighted by Gasteiger charge is -2.22. The largest absolute Gasteiger partial charge is 0.480 e. The number of alkyl carbamates (subject to hydrolysis) is 1. The highest BCUT2D eigenvalue weighted by atomic mass is 16.6. The van der Waals surface area contributed by atoms with Crippen LogP contribution in [0.3, 0.4) is 0 Å². The summed E-state index contributed by atoms with van der Waals surface area (Å²) in [6.07, 6.45) is -0.505. The molecule has 5 nitrogen and oxygen atoms in total. The van der Waals surface area contributed by atoms with E-state index in [0.717, 1.165) is 16.7 Å². The van der Waals surface area contributed by atoms with Gasteiger partial charge in [0, 0.05) is 6.42 Å². The third-order valence-electron chi connectivity index (χ3n) is 3.00. The van der Waals surface area contributed by atoms with Crippen molar-refractivity contribution in [1.29, 1.82) is 0 Å². The van der Waals surface area contributed by atoms with Crippen molar-refractivity contribution in [3.63, 3.8) is 0 Å². The quantitative estimate of drug-likeness (QED) is 0.895. The Hall–Kier alpha value is -2.04. The minimum absolute atomic E-state index is 0.218. The van der Waals surface area contributed by atoms with Gasteiger partial charge in [-0.05, 0) is 51.3 Å². The van der Waals surface area contributed by atoms with E-state index in [1.807, 2.05) is 32.0 Å². The van der Waals surface area contributed by atoms with Crippen LogP contribution < -0.4 is 5.32 Å². The molecule has 0 aromatic heterocycles. The number of amides is 1. The van der Waals surface area contributed by atoms with E-state index in [1.54, 1.807) is 20.8 Å². The summed E-state index contributed by atoms with van der Waals surface area (Å²) in [6, 6.07) is 4.73. The molecule has 0 unspecified atom stereocenters. The Balaban J connectivity index is 2.76. The van der Waals surface area contributed by atoms with Crippen molar-refractivity contribution >= 4 is 12.1 Å². The molecule has 1 aromatic rings. The van der Waals surface area contributed by atoms with Crippen molar-refractivity contribution < 1.29 is 19.4 Å². The second kappa shape index (κ2) is 6.61. The number of carbonyl (C=O) groups is 2. The molecule has 0 aliphatic carbocycles. The van der Waals surface area contributed by atoms with E-state index in [9.17, 15) is 14.7 Å². The second-order valence-electron chi connectivity index (χ2n) is 6.16. The van der Waals surface area contributed by atoms with Crippen LogP contribution in [0.2, 0.25) is 0 Å². The molecule has 0 spiro atoms. The fourth-order valence-electron chi connectivity index (χ4n) is 1.82. The number of carboxylic acids is 1. The van der Waals surface area contributed by atoms with Gasteiger partial charge in [-0.15, -0.1) is 0 Å². The van der Waals surface area contributed by atoms with Gasteiger partial charge in [-0.1, -0.05) is 18.2 Å². The van der Waals surface area contributed by atoms with Gasteiger partial charge >= 0.3 is 12.1 Å². The standard InChI is InChI=1S/C16H23NO4/c1-10-6-7-12(8-11(10)2)9-13(14(18)19)17-15(20)21-16(3,4)5/h6-8,13H,9H2,1-5H3,(H,17,20)(H,18,19)/t13-/m0/s1. The zero-order valence-electron chi connectivity index (χ0n) is 13.2. The van der Waals surface area contributed by atoms with Gasteiger partial charge < -0.3 is 15.2 Å². The molecule has 5 heteroatoms. The van der Waals surface area contributed by atoms with Crippen LogP contribution in [0.15, 0.2) is 18.2 Å². The van der Waals surface area contributed by atoms with E-state index in [1.165, 1.54) is 0 Å². The molecule has 1 atom stereocenters. The third kappa shape index (κ3) is 5.85. The van der Waals surface area contributed by atoms with Crippen molar-refractivity contribution in [3.05, 3.63) is 34.9 Å². The van der Waals surface area contributed by atoms with Gasteiger partial charge in [-0.2, -0.15) is 0 Å². The number of rotatable bonds is 4. The van der Waals surface area contributed by atoms with Gasteiger partial charge in [0.05, 0.1) is 0 Å². The van der Waals surface area contributed by atoms with Gasteiger partial charge in [0.1, 0.15) is 11.6 Å². The predicted octanol–water partition coefficient (Wildman–Crippen LogP) is 2.82. The summed E-state index contributed by atoms with van der Waals surface area (Å²) in [4.78, 5) is 23.0. The van der Waals surface area contributed by atoms with Gasteiger partial charge in [-0.3, -0.25) is 0 Å². The first-order chi connectivity index (χ1) is 9.58. The topological polar surface area (TPSA) is 75.6 Å². The Bertz CT molecular complexity index is 532. The molecule has 0 bridgehead atoms. The highest BCUT2D eigenvalue weighted by Gasteiger charge is 2.24. The summed E-state index contributed by atoms with van der Waals surface area (Å²) >= 11 is 0. The zero-order chi connectivity index (χ0) is 16.2. The summed E-state index contributed by atoms with van der Waals surface area (Å²) in [5, 5.41) is 11.6. The van der Waals surface area contributed by atoms with Crippen LogP contribution in [0.1, 0.15) is 37.5 Å². The number of hydrogen-bond acceptors (Lipinski definition) is 3. The van der Waals surface area contributed by atoms with Gasteiger partial charge in [0.25, 0.3) is 0 Å². The maximum atomic E-state index is 11.7. The van der Waals surface area contributed by atoms with Crippen LogP contribution in [0.5, 0.6) is 0 Å². The van der Waals surface area contributed by atoms with Crippen molar-refractivity contribution in [2.75, 3.05) is 0 Å². The number of carboxylic acid groups (broad SMARTS) is 1. The number of hydrogen-bond donors (Lipinski definition) is 2. The average Bonchev–Trinajstić information content (AvgIpc) is 2.30. The van der Waals surface area contributed by atoms with Crippen LogP contribution >= 0.6 is 0 Å². The maximum absolute atomic E-state index is 11.7. The molecular formula is C16H23NO4. The molecule has 1 amide bonds. The summed E-state index contributed by atoms with van der Waals surface area (Å²) < 4.78 is 5.09. The molecule has 1 rings (SSSR count). The van der Waals surface area contributed by atoms with Crippen LogP contribution in [-0.4, -0.2) is 28.8 Å². The number of nitrogens with one attached hydrogen (secondary N) is 1. The van der Waals surface area contributed by atoms with Crippen LogP contribution in [0, 0.1) is 13.8 Å².